The van der Waals surface area contributed by atoms with Crippen LogP contribution in [-0.4, -0.2) is 10.2 Å². The third-order valence-electron chi connectivity index (χ3n) is 2.64. The zero-order valence-electron chi connectivity index (χ0n) is 11.6. The number of nitrogens with two attached hydrogens (primary N) is 1. The summed E-state index contributed by atoms with van der Waals surface area (Å²) in [6.07, 6.45) is 0. The third-order valence-corrected chi connectivity index (χ3v) is 2.64. The summed E-state index contributed by atoms with van der Waals surface area (Å²) in [7, 11) is 0. The number of nitrogens with zero attached hydrogens (tertiary/aromatic N) is 2. The van der Waals surface area contributed by atoms with E-state index >= 15 is 0 Å². The topological polar surface area (TPSA) is 77.0 Å². The first-order valence-corrected chi connectivity index (χ1v) is 5.98. The van der Waals surface area contributed by atoms with E-state index in [1.807, 2.05) is 0 Å². The number of anilines is 1. The standard InChI is InChI=1S/C13H17FN4O.ClH/c1-8-6-9(4-5-10(8)14)7-16-12-18-17-11(19-12)13(2,3)15;/h4-6H,7,15H2,1-3H3,(H,16,18);1H. The van der Waals surface area contributed by atoms with Crippen molar-refractivity contribution in [3.05, 3.63) is 41.0 Å². The summed E-state index contributed by atoms with van der Waals surface area (Å²) in [5.74, 6) is 0.152. The van der Waals surface area contributed by atoms with Crippen LogP contribution in [0.2, 0.25) is 0 Å². The summed E-state index contributed by atoms with van der Waals surface area (Å²) in [6, 6.07) is 5.22. The maximum Gasteiger partial charge on any atom is 0.315 e. The SMILES string of the molecule is Cc1cc(CNc2nnc(C(C)(C)N)o2)ccc1F.Cl. The molecule has 0 aliphatic heterocycles. The summed E-state index contributed by atoms with van der Waals surface area (Å²) >= 11 is 0. The molecule has 0 spiro atoms. The molecule has 3 N–H and O–H groups in total. The molecule has 2 aromatic rings. The van der Waals surface area contributed by atoms with Gasteiger partial charge >= 0.3 is 6.01 Å². The lowest BCUT2D eigenvalue weighted by Crippen LogP contribution is -2.29. The van der Waals surface area contributed by atoms with Gasteiger partial charge in [0.25, 0.3) is 0 Å². The van der Waals surface area contributed by atoms with Crippen LogP contribution in [0.1, 0.15) is 30.9 Å². The fraction of sp³-hybridized carbons (Fsp3) is 0.385. The number of rotatable bonds is 4. The molecule has 0 fully saturated rings. The lowest BCUT2D eigenvalue weighted by atomic mass is 10.1. The molecule has 0 saturated heterocycles. The van der Waals surface area contributed by atoms with Crippen LogP contribution in [-0.2, 0) is 12.1 Å². The van der Waals surface area contributed by atoms with E-state index < -0.39 is 5.54 Å². The van der Waals surface area contributed by atoms with E-state index in [0.717, 1.165) is 5.56 Å². The molecule has 5 nitrogen and oxygen atoms in total. The number of halogens is 2. The minimum absolute atomic E-state index is 0. The fourth-order valence-corrected chi connectivity index (χ4v) is 1.55. The summed E-state index contributed by atoms with van der Waals surface area (Å²) in [5.41, 5.74) is 6.72. The van der Waals surface area contributed by atoms with Crippen molar-refractivity contribution in [1.29, 1.82) is 0 Å². The van der Waals surface area contributed by atoms with E-state index in [9.17, 15) is 4.39 Å². The number of aromatic nitrogens is 2. The summed E-state index contributed by atoms with van der Waals surface area (Å²) < 4.78 is 18.5. The van der Waals surface area contributed by atoms with Crippen molar-refractivity contribution in [3.8, 4) is 0 Å². The molecule has 0 radical (unpaired) electrons. The normalized spacial score (nSPS) is 11.1. The van der Waals surface area contributed by atoms with Gasteiger partial charge in [-0.2, -0.15) is 0 Å². The monoisotopic (exact) mass is 300 g/mol. The van der Waals surface area contributed by atoms with Crippen LogP contribution in [0.15, 0.2) is 22.6 Å². The predicted octanol–water partition coefficient (Wildman–Crippen LogP) is 2.74. The number of nitrogens with one attached hydrogen (secondary N) is 1. The Morgan fingerprint density at radius 1 is 1.35 bits per heavy atom. The van der Waals surface area contributed by atoms with Crippen LogP contribution >= 0.6 is 12.4 Å². The zero-order chi connectivity index (χ0) is 14.0. The lowest BCUT2D eigenvalue weighted by Gasteiger charge is -2.11. The Morgan fingerprint density at radius 3 is 2.60 bits per heavy atom. The van der Waals surface area contributed by atoms with Gasteiger partial charge in [-0.3, -0.25) is 0 Å². The van der Waals surface area contributed by atoms with Gasteiger partial charge in [-0.05, 0) is 38.0 Å². The van der Waals surface area contributed by atoms with Crippen molar-refractivity contribution < 1.29 is 8.81 Å². The molecule has 7 heteroatoms. The smallest absolute Gasteiger partial charge is 0.315 e. The second-order valence-corrected chi connectivity index (χ2v) is 5.07. The van der Waals surface area contributed by atoms with Gasteiger partial charge in [0.2, 0.25) is 5.89 Å². The quantitative estimate of drug-likeness (QED) is 0.908. The summed E-state index contributed by atoms with van der Waals surface area (Å²) in [6.45, 7) is 5.77. The lowest BCUT2D eigenvalue weighted by molar-refractivity contribution is 0.384. The van der Waals surface area contributed by atoms with Gasteiger partial charge < -0.3 is 15.5 Å². The van der Waals surface area contributed by atoms with Gasteiger partial charge in [-0.15, -0.1) is 17.5 Å². The summed E-state index contributed by atoms with van der Waals surface area (Å²) in [4.78, 5) is 0. The largest absolute Gasteiger partial charge is 0.406 e. The maximum atomic E-state index is 13.1. The van der Waals surface area contributed by atoms with Gasteiger partial charge in [-0.1, -0.05) is 17.2 Å². The number of hydrogen-bond donors (Lipinski definition) is 2. The Kier molecular flexibility index (Phi) is 5.08. The van der Waals surface area contributed by atoms with E-state index in [0.29, 0.717) is 24.0 Å². The molecular formula is C13H18ClFN4O. The maximum absolute atomic E-state index is 13.1. The van der Waals surface area contributed by atoms with Crippen LogP contribution in [0.4, 0.5) is 10.4 Å². The number of hydrogen-bond acceptors (Lipinski definition) is 5. The van der Waals surface area contributed by atoms with Crippen molar-refractivity contribution in [2.75, 3.05) is 5.32 Å². The van der Waals surface area contributed by atoms with Gasteiger partial charge in [0.05, 0.1) is 5.54 Å². The minimum atomic E-state index is -0.667. The van der Waals surface area contributed by atoms with E-state index in [1.165, 1.54) is 6.07 Å². The van der Waals surface area contributed by atoms with E-state index in [2.05, 4.69) is 15.5 Å². The van der Waals surface area contributed by atoms with Crippen molar-refractivity contribution in [1.82, 2.24) is 10.2 Å². The molecule has 0 aliphatic rings. The van der Waals surface area contributed by atoms with Gasteiger partial charge in [-0.25, -0.2) is 4.39 Å². The van der Waals surface area contributed by atoms with Crippen LogP contribution in [0, 0.1) is 12.7 Å². The Labute approximate surface area is 123 Å². The molecule has 1 aromatic carbocycles. The molecule has 0 bridgehead atoms. The van der Waals surface area contributed by atoms with E-state index in [-0.39, 0.29) is 18.2 Å². The molecule has 0 saturated carbocycles. The third kappa shape index (κ3) is 3.91. The minimum Gasteiger partial charge on any atom is -0.406 e. The van der Waals surface area contributed by atoms with Crippen molar-refractivity contribution in [3.63, 3.8) is 0 Å². The highest BCUT2D eigenvalue weighted by atomic mass is 35.5. The second kappa shape index (κ2) is 6.19. The number of aryl methyl sites for hydroxylation is 1. The molecule has 1 aromatic heterocycles. The molecule has 110 valence electrons. The molecule has 0 amide bonds. The van der Waals surface area contributed by atoms with Gasteiger partial charge in [0.1, 0.15) is 5.82 Å². The molecule has 0 unspecified atom stereocenters. The first-order valence-electron chi connectivity index (χ1n) is 5.98. The van der Waals surface area contributed by atoms with Crippen LogP contribution in [0.25, 0.3) is 0 Å². The Hall–Kier alpha value is -1.66. The Balaban J connectivity index is 0.00000200. The highest BCUT2D eigenvalue weighted by Crippen LogP contribution is 2.18. The molecule has 0 aliphatic carbocycles. The van der Waals surface area contributed by atoms with Crippen LogP contribution < -0.4 is 11.1 Å². The van der Waals surface area contributed by atoms with Gasteiger partial charge in [0.15, 0.2) is 0 Å². The average molecular weight is 301 g/mol. The van der Waals surface area contributed by atoms with Gasteiger partial charge in [0, 0.05) is 6.54 Å². The van der Waals surface area contributed by atoms with Crippen molar-refractivity contribution in [2.45, 2.75) is 32.9 Å². The van der Waals surface area contributed by atoms with Crippen LogP contribution in [0.3, 0.4) is 0 Å². The first kappa shape index (κ1) is 16.4. The molecule has 2 rings (SSSR count). The van der Waals surface area contributed by atoms with Crippen molar-refractivity contribution >= 4 is 18.4 Å². The molecule has 0 atom stereocenters. The second-order valence-electron chi connectivity index (χ2n) is 5.07. The van der Waals surface area contributed by atoms with E-state index in [4.69, 9.17) is 10.2 Å². The average Bonchev–Trinajstić information content (AvgIpc) is 2.79. The molecule has 1 heterocycles. The summed E-state index contributed by atoms with van der Waals surface area (Å²) in [5, 5.41) is 10.7. The number of benzene rings is 1. The highest BCUT2D eigenvalue weighted by Gasteiger charge is 2.21. The Bertz CT molecular complexity index is 580. The predicted molar refractivity (Wildman–Crippen MR) is 77.2 cm³/mol. The van der Waals surface area contributed by atoms with E-state index in [1.54, 1.807) is 32.9 Å². The molecular weight excluding hydrogens is 283 g/mol. The first-order chi connectivity index (χ1) is 8.86. The van der Waals surface area contributed by atoms with Crippen LogP contribution in [0.5, 0.6) is 0 Å². The zero-order valence-corrected chi connectivity index (χ0v) is 12.4. The Morgan fingerprint density at radius 2 is 2.05 bits per heavy atom. The fourth-order valence-electron chi connectivity index (χ4n) is 1.55. The highest BCUT2D eigenvalue weighted by molar-refractivity contribution is 5.85. The molecule has 20 heavy (non-hydrogen) atoms. The van der Waals surface area contributed by atoms with Crippen molar-refractivity contribution in [2.24, 2.45) is 5.73 Å².